The Morgan fingerprint density at radius 3 is 2.79 bits per heavy atom. The van der Waals surface area contributed by atoms with Crippen LogP contribution < -0.4 is 5.32 Å². The van der Waals surface area contributed by atoms with E-state index in [1.807, 2.05) is 19.1 Å². The molecule has 0 aliphatic rings. The van der Waals surface area contributed by atoms with E-state index in [2.05, 4.69) is 10.1 Å². The molecule has 1 rings (SSSR count). The summed E-state index contributed by atoms with van der Waals surface area (Å²) in [7, 11) is 1.37. The Balaban J connectivity index is 2.33. The molecule has 0 unspecified atom stereocenters. The lowest BCUT2D eigenvalue weighted by atomic mass is 10.1. The third-order valence-corrected chi connectivity index (χ3v) is 2.85. The van der Waals surface area contributed by atoms with Gasteiger partial charge in [0, 0.05) is 12.1 Å². The SMILES string of the molecule is CC/C(=C/CNCCc1ccccc1F)C(=O)OC. The summed E-state index contributed by atoms with van der Waals surface area (Å²) in [6.07, 6.45) is 3.08. The number of hydrogen-bond donors (Lipinski definition) is 1. The number of carbonyl (C=O) groups excluding carboxylic acids is 1. The Labute approximate surface area is 113 Å². The van der Waals surface area contributed by atoms with Crippen LogP contribution in [0.15, 0.2) is 35.9 Å². The van der Waals surface area contributed by atoms with Gasteiger partial charge >= 0.3 is 5.97 Å². The predicted molar refractivity (Wildman–Crippen MR) is 73.4 cm³/mol. The van der Waals surface area contributed by atoms with Crippen LogP contribution in [0.5, 0.6) is 0 Å². The average Bonchev–Trinajstić information content (AvgIpc) is 2.44. The molecule has 0 aliphatic carbocycles. The van der Waals surface area contributed by atoms with Gasteiger partial charge in [0.05, 0.1) is 7.11 Å². The van der Waals surface area contributed by atoms with E-state index in [1.54, 1.807) is 12.1 Å². The third kappa shape index (κ3) is 5.22. The van der Waals surface area contributed by atoms with Crippen molar-refractivity contribution in [1.29, 1.82) is 0 Å². The highest BCUT2D eigenvalue weighted by Crippen LogP contribution is 2.06. The highest BCUT2D eigenvalue weighted by Gasteiger charge is 2.05. The van der Waals surface area contributed by atoms with E-state index in [-0.39, 0.29) is 11.8 Å². The molecule has 0 radical (unpaired) electrons. The van der Waals surface area contributed by atoms with Crippen LogP contribution in [0.4, 0.5) is 4.39 Å². The molecule has 0 fully saturated rings. The van der Waals surface area contributed by atoms with Crippen LogP contribution in [-0.4, -0.2) is 26.2 Å². The Kier molecular flexibility index (Phi) is 6.82. The third-order valence-electron chi connectivity index (χ3n) is 2.85. The molecule has 0 aromatic heterocycles. The monoisotopic (exact) mass is 265 g/mol. The molecule has 0 amide bonds. The Morgan fingerprint density at radius 1 is 1.42 bits per heavy atom. The molecular weight excluding hydrogens is 245 g/mol. The standard InChI is InChI=1S/C15H20FNO2/c1-3-12(15(18)19-2)8-10-17-11-9-13-6-4-5-7-14(13)16/h4-8,17H,3,9-11H2,1-2H3/b12-8-. The summed E-state index contributed by atoms with van der Waals surface area (Å²) in [6.45, 7) is 3.14. The molecule has 1 aromatic carbocycles. The zero-order valence-corrected chi connectivity index (χ0v) is 11.4. The molecule has 0 atom stereocenters. The molecule has 0 heterocycles. The second-order valence-electron chi connectivity index (χ2n) is 4.12. The Bertz CT molecular complexity index is 444. The van der Waals surface area contributed by atoms with Gasteiger partial charge in [-0.25, -0.2) is 9.18 Å². The van der Waals surface area contributed by atoms with Crippen molar-refractivity contribution >= 4 is 5.97 Å². The van der Waals surface area contributed by atoms with Gasteiger partial charge < -0.3 is 10.1 Å². The van der Waals surface area contributed by atoms with Gasteiger partial charge in [-0.1, -0.05) is 31.2 Å². The fraction of sp³-hybridized carbons (Fsp3) is 0.400. The summed E-state index contributed by atoms with van der Waals surface area (Å²) >= 11 is 0. The zero-order chi connectivity index (χ0) is 14.1. The summed E-state index contributed by atoms with van der Waals surface area (Å²) in [6, 6.07) is 6.74. The van der Waals surface area contributed by atoms with Crippen LogP contribution in [-0.2, 0) is 16.0 Å². The van der Waals surface area contributed by atoms with E-state index in [1.165, 1.54) is 13.2 Å². The molecule has 1 N–H and O–H groups in total. The summed E-state index contributed by atoms with van der Waals surface area (Å²) in [5.41, 5.74) is 1.35. The van der Waals surface area contributed by atoms with Crippen LogP contribution in [0.3, 0.4) is 0 Å². The van der Waals surface area contributed by atoms with Crippen LogP contribution in [0.25, 0.3) is 0 Å². The quantitative estimate of drug-likeness (QED) is 0.467. The van der Waals surface area contributed by atoms with Crippen LogP contribution in [0.1, 0.15) is 18.9 Å². The van der Waals surface area contributed by atoms with Crippen molar-refractivity contribution in [2.75, 3.05) is 20.2 Å². The van der Waals surface area contributed by atoms with E-state index in [0.29, 0.717) is 37.1 Å². The van der Waals surface area contributed by atoms with E-state index in [4.69, 9.17) is 0 Å². The maximum atomic E-state index is 13.3. The molecule has 19 heavy (non-hydrogen) atoms. The van der Waals surface area contributed by atoms with Gasteiger partial charge in [-0.2, -0.15) is 0 Å². The first-order valence-electron chi connectivity index (χ1n) is 6.40. The normalized spacial score (nSPS) is 11.4. The number of carbonyl (C=O) groups is 1. The first kappa shape index (κ1) is 15.4. The summed E-state index contributed by atoms with van der Waals surface area (Å²) in [5.74, 6) is -0.470. The van der Waals surface area contributed by atoms with Crippen molar-refractivity contribution in [3.8, 4) is 0 Å². The van der Waals surface area contributed by atoms with Crippen LogP contribution in [0, 0.1) is 5.82 Å². The molecule has 0 saturated carbocycles. The summed E-state index contributed by atoms with van der Waals surface area (Å²) in [5, 5.41) is 3.15. The lowest BCUT2D eigenvalue weighted by molar-refractivity contribution is -0.136. The van der Waals surface area contributed by atoms with Crippen molar-refractivity contribution in [3.05, 3.63) is 47.3 Å². The van der Waals surface area contributed by atoms with Crippen LogP contribution in [0.2, 0.25) is 0 Å². The molecule has 3 nitrogen and oxygen atoms in total. The summed E-state index contributed by atoms with van der Waals surface area (Å²) < 4.78 is 18.0. The molecule has 4 heteroatoms. The number of rotatable bonds is 7. The number of esters is 1. The maximum absolute atomic E-state index is 13.3. The second-order valence-corrected chi connectivity index (χ2v) is 4.12. The largest absolute Gasteiger partial charge is 0.466 e. The topological polar surface area (TPSA) is 38.3 Å². The predicted octanol–water partition coefficient (Wildman–Crippen LogP) is 2.47. The molecule has 0 saturated heterocycles. The molecule has 104 valence electrons. The number of halogens is 1. The minimum Gasteiger partial charge on any atom is -0.466 e. The zero-order valence-electron chi connectivity index (χ0n) is 11.4. The van der Waals surface area contributed by atoms with Crippen molar-refractivity contribution in [2.24, 2.45) is 0 Å². The summed E-state index contributed by atoms with van der Waals surface area (Å²) in [4.78, 5) is 11.3. The highest BCUT2D eigenvalue weighted by molar-refractivity contribution is 5.88. The Morgan fingerprint density at radius 2 is 2.16 bits per heavy atom. The van der Waals surface area contributed by atoms with Gasteiger partial charge in [-0.15, -0.1) is 0 Å². The smallest absolute Gasteiger partial charge is 0.333 e. The molecule has 0 spiro atoms. The molecule has 0 bridgehead atoms. The van der Waals surface area contributed by atoms with E-state index in [9.17, 15) is 9.18 Å². The number of hydrogen-bond acceptors (Lipinski definition) is 3. The molecule has 0 aliphatic heterocycles. The van der Waals surface area contributed by atoms with Crippen molar-refractivity contribution in [3.63, 3.8) is 0 Å². The van der Waals surface area contributed by atoms with Gasteiger partial charge in [0.1, 0.15) is 5.82 Å². The van der Waals surface area contributed by atoms with Gasteiger partial charge in [0.25, 0.3) is 0 Å². The number of methoxy groups -OCH3 is 1. The number of benzene rings is 1. The van der Waals surface area contributed by atoms with Crippen molar-refractivity contribution in [1.82, 2.24) is 5.32 Å². The van der Waals surface area contributed by atoms with Gasteiger partial charge in [-0.3, -0.25) is 0 Å². The van der Waals surface area contributed by atoms with Crippen molar-refractivity contribution in [2.45, 2.75) is 19.8 Å². The highest BCUT2D eigenvalue weighted by atomic mass is 19.1. The number of nitrogens with one attached hydrogen (secondary N) is 1. The van der Waals surface area contributed by atoms with E-state index < -0.39 is 0 Å². The first-order valence-corrected chi connectivity index (χ1v) is 6.40. The first-order chi connectivity index (χ1) is 9.19. The molecular formula is C15H20FNO2. The van der Waals surface area contributed by atoms with Crippen LogP contribution >= 0.6 is 0 Å². The molecule has 1 aromatic rings. The minimum absolute atomic E-state index is 0.177. The minimum atomic E-state index is -0.293. The second kappa shape index (κ2) is 8.43. The maximum Gasteiger partial charge on any atom is 0.333 e. The van der Waals surface area contributed by atoms with Gasteiger partial charge in [0.15, 0.2) is 0 Å². The van der Waals surface area contributed by atoms with E-state index >= 15 is 0 Å². The van der Waals surface area contributed by atoms with Gasteiger partial charge in [-0.05, 0) is 31.0 Å². The van der Waals surface area contributed by atoms with Gasteiger partial charge in [0.2, 0.25) is 0 Å². The average molecular weight is 265 g/mol. The lowest BCUT2D eigenvalue weighted by Crippen LogP contribution is -2.18. The Hall–Kier alpha value is -1.68. The van der Waals surface area contributed by atoms with Crippen molar-refractivity contribution < 1.29 is 13.9 Å². The van der Waals surface area contributed by atoms with E-state index in [0.717, 1.165) is 0 Å². The fourth-order valence-electron chi connectivity index (χ4n) is 1.72. The number of ether oxygens (including phenoxy) is 1. The fourth-order valence-corrected chi connectivity index (χ4v) is 1.72. The lowest BCUT2D eigenvalue weighted by Gasteiger charge is -2.05.